The van der Waals surface area contributed by atoms with Crippen molar-refractivity contribution in [3.05, 3.63) is 28.7 Å². The first-order valence-corrected chi connectivity index (χ1v) is 8.62. The third-order valence-corrected chi connectivity index (χ3v) is 5.76. The molecule has 20 heavy (non-hydrogen) atoms. The fourth-order valence-electron chi connectivity index (χ4n) is 2.16. The van der Waals surface area contributed by atoms with E-state index in [0.717, 1.165) is 4.47 Å². The van der Waals surface area contributed by atoms with E-state index in [-0.39, 0.29) is 0 Å². The smallest absolute Gasteiger partial charge is 0.243 e. The first kappa shape index (κ1) is 15.4. The molecule has 1 aromatic rings. The number of piperazine rings is 1. The van der Waals surface area contributed by atoms with Crippen molar-refractivity contribution in [3.8, 4) is 6.07 Å². The number of nitrogens with zero attached hydrogens (tertiary/aromatic N) is 3. The summed E-state index contributed by atoms with van der Waals surface area (Å²) in [7, 11) is -3.40. The summed E-state index contributed by atoms with van der Waals surface area (Å²) in [6.45, 7) is 3.02. The number of sulfonamides is 1. The highest BCUT2D eigenvalue weighted by atomic mass is 79.9. The highest BCUT2D eigenvalue weighted by Crippen LogP contribution is 2.20. The lowest BCUT2D eigenvalue weighted by molar-refractivity contribution is 0.191. The number of hydrogen-bond acceptors (Lipinski definition) is 4. The van der Waals surface area contributed by atoms with Gasteiger partial charge in [0.15, 0.2) is 0 Å². The van der Waals surface area contributed by atoms with Crippen molar-refractivity contribution in [3.63, 3.8) is 0 Å². The lowest BCUT2D eigenvalue weighted by atomic mass is 10.3. The van der Waals surface area contributed by atoms with Crippen LogP contribution in [-0.4, -0.2) is 50.3 Å². The molecular formula is C13H16BrN3O2S. The van der Waals surface area contributed by atoms with Gasteiger partial charge in [-0.25, -0.2) is 8.42 Å². The van der Waals surface area contributed by atoms with Gasteiger partial charge in [0.25, 0.3) is 0 Å². The summed E-state index contributed by atoms with van der Waals surface area (Å²) < 4.78 is 27.3. The van der Waals surface area contributed by atoms with Gasteiger partial charge in [-0.2, -0.15) is 9.57 Å². The van der Waals surface area contributed by atoms with Gasteiger partial charge < -0.3 is 0 Å². The molecule has 108 valence electrons. The van der Waals surface area contributed by atoms with Crippen LogP contribution in [0.15, 0.2) is 33.6 Å². The second-order valence-corrected chi connectivity index (χ2v) is 7.46. The van der Waals surface area contributed by atoms with Gasteiger partial charge in [0.2, 0.25) is 10.0 Å². The Morgan fingerprint density at radius 3 is 2.30 bits per heavy atom. The van der Waals surface area contributed by atoms with Gasteiger partial charge in [-0.15, -0.1) is 0 Å². The monoisotopic (exact) mass is 357 g/mol. The van der Waals surface area contributed by atoms with Crippen LogP contribution in [-0.2, 0) is 10.0 Å². The molecule has 0 unspecified atom stereocenters. The first-order chi connectivity index (χ1) is 9.54. The number of nitriles is 1. The van der Waals surface area contributed by atoms with Crippen molar-refractivity contribution in [2.75, 3.05) is 32.7 Å². The van der Waals surface area contributed by atoms with Gasteiger partial charge in [0.05, 0.1) is 11.0 Å². The zero-order chi connectivity index (χ0) is 14.6. The molecule has 0 radical (unpaired) electrons. The summed E-state index contributed by atoms with van der Waals surface area (Å²) in [6, 6.07) is 8.80. The van der Waals surface area contributed by atoms with Crippen LogP contribution < -0.4 is 0 Å². The molecule has 1 aromatic carbocycles. The van der Waals surface area contributed by atoms with E-state index in [1.165, 1.54) is 4.31 Å². The Kier molecular flexibility index (Phi) is 5.16. The molecule has 2 rings (SSSR count). The summed E-state index contributed by atoms with van der Waals surface area (Å²) in [5, 5.41) is 8.56. The molecule has 0 atom stereocenters. The molecular weight excluding hydrogens is 342 g/mol. The average Bonchev–Trinajstić information content (AvgIpc) is 2.46. The lowest BCUT2D eigenvalue weighted by Crippen LogP contribution is -2.48. The van der Waals surface area contributed by atoms with Crippen molar-refractivity contribution >= 4 is 26.0 Å². The highest BCUT2D eigenvalue weighted by Gasteiger charge is 2.28. The predicted octanol–water partition coefficient (Wildman–Crippen LogP) is 1.67. The van der Waals surface area contributed by atoms with Crippen LogP contribution in [0, 0.1) is 11.3 Å². The third kappa shape index (κ3) is 3.58. The predicted molar refractivity (Wildman–Crippen MR) is 79.6 cm³/mol. The quantitative estimate of drug-likeness (QED) is 0.821. The highest BCUT2D eigenvalue weighted by molar-refractivity contribution is 9.10. The van der Waals surface area contributed by atoms with Gasteiger partial charge in [-0.3, -0.25) is 4.90 Å². The zero-order valence-corrected chi connectivity index (χ0v) is 13.4. The molecule has 0 amide bonds. The zero-order valence-electron chi connectivity index (χ0n) is 11.0. The van der Waals surface area contributed by atoms with Crippen LogP contribution in [0.2, 0.25) is 0 Å². The molecule has 0 aromatic heterocycles. The van der Waals surface area contributed by atoms with Crippen molar-refractivity contribution in [1.82, 2.24) is 9.21 Å². The van der Waals surface area contributed by atoms with Gasteiger partial charge >= 0.3 is 0 Å². The van der Waals surface area contributed by atoms with Crippen molar-refractivity contribution < 1.29 is 8.42 Å². The Morgan fingerprint density at radius 1 is 1.15 bits per heavy atom. The fraction of sp³-hybridized carbons (Fsp3) is 0.462. The van der Waals surface area contributed by atoms with Crippen LogP contribution in [0.1, 0.15) is 6.42 Å². The van der Waals surface area contributed by atoms with Crippen LogP contribution in [0.3, 0.4) is 0 Å². The molecule has 1 heterocycles. The minimum Gasteiger partial charge on any atom is -0.300 e. The van der Waals surface area contributed by atoms with Crippen molar-refractivity contribution in [1.29, 1.82) is 5.26 Å². The summed E-state index contributed by atoms with van der Waals surface area (Å²) >= 11 is 3.30. The van der Waals surface area contributed by atoms with Crippen LogP contribution in [0.5, 0.6) is 0 Å². The summed E-state index contributed by atoms with van der Waals surface area (Å²) in [4.78, 5) is 2.45. The Morgan fingerprint density at radius 2 is 1.75 bits per heavy atom. The van der Waals surface area contributed by atoms with E-state index in [9.17, 15) is 8.42 Å². The molecule has 0 spiro atoms. The van der Waals surface area contributed by atoms with E-state index in [1.54, 1.807) is 24.3 Å². The van der Waals surface area contributed by atoms with Gasteiger partial charge in [0.1, 0.15) is 0 Å². The summed E-state index contributed by atoms with van der Waals surface area (Å²) in [5.41, 5.74) is 0. The van der Waals surface area contributed by atoms with Gasteiger partial charge in [-0.05, 0) is 24.3 Å². The van der Waals surface area contributed by atoms with Crippen LogP contribution in [0.25, 0.3) is 0 Å². The van der Waals surface area contributed by atoms with Crippen molar-refractivity contribution in [2.45, 2.75) is 11.3 Å². The molecule has 0 N–H and O–H groups in total. The van der Waals surface area contributed by atoms with E-state index in [0.29, 0.717) is 44.0 Å². The third-order valence-electron chi connectivity index (χ3n) is 3.32. The van der Waals surface area contributed by atoms with E-state index in [4.69, 9.17) is 5.26 Å². The maximum Gasteiger partial charge on any atom is 0.243 e. The number of rotatable bonds is 4. The Bertz CT molecular complexity index is 587. The number of hydrogen-bond donors (Lipinski definition) is 0. The molecule has 5 nitrogen and oxygen atoms in total. The molecule has 7 heteroatoms. The van der Waals surface area contributed by atoms with Gasteiger partial charge in [0, 0.05) is 43.6 Å². The molecule has 1 aliphatic heterocycles. The second-order valence-electron chi connectivity index (χ2n) is 4.61. The average molecular weight is 358 g/mol. The van der Waals surface area contributed by atoms with E-state index in [2.05, 4.69) is 26.9 Å². The lowest BCUT2D eigenvalue weighted by Gasteiger charge is -2.33. The van der Waals surface area contributed by atoms with E-state index in [1.807, 2.05) is 0 Å². The summed E-state index contributed by atoms with van der Waals surface area (Å²) in [5.74, 6) is 0. The minimum atomic E-state index is -3.40. The standard InChI is InChI=1S/C13H16BrN3O2S/c14-12-2-4-13(5-3-12)20(18,19)17-10-8-16(9-11-17)7-1-6-15/h2-5H,1,7-11H2. The van der Waals surface area contributed by atoms with Crippen LogP contribution >= 0.6 is 15.9 Å². The van der Waals surface area contributed by atoms with Crippen LogP contribution in [0.4, 0.5) is 0 Å². The minimum absolute atomic E-state index is 0.325. The van der Waals surface area contributed by atoms with E-state index < -0.39 is 10.0 Å². The normalized spacial score (nSPS) is 17.8. The SMILES string of the molecule is N#CCCN1CCN(S(=O)(=O)c2ccc(Br)cc2)CC1. The molecule has 1 fully saturated rings. The summed E-state index contributed by atoms with van der Waals surface area (Å²) in [6.07, 6.45) is 0.486. The second kappa shape index (κ2) is 6.68. The Labute approximate surface area is 128 Å². The van der Waals surface area contributed by atoms with Crippen molar-refractivity contribution in [2.24, 2.45) is 0 Å². The topological polar surface area (TPSA) is 64.4 Å². The van der Waals surface area contributed by atoms with Gasteiger partial charge in [-0.1, -0.05) is 15.9 Å². The first-order valence-electron chi connectivity index (χ1n) is 6.39. The molecule has 0 bridgehead atoms. The Hall–Kier alpha value is -0.940. The molecule has 0 aliphatic carbocycles. The fourth-order valence-corrected chi connectivity index (χ4v) is 3.84. The maximum atomic E-state index is 12.5. The molecule has 0 saturated carbocycles. The largest absolute Gasteiger partial charge is 0.300 e. The van der Waals surface area contributed by atoms with E-state index >= 15 is 0 Å². The molecule has 1 saturated heterocycles. The Balaban J connectivity index is 2.02. The number of benzene rings is 1. The maximum absolute atomic E-state index is 12.5. The number of halogens is 1. The molecule has 1 aliphatic rings.